The van der Waals surface area contributed by atoms with Crippen LogP contribution in [0.5, 0.6) is 5.75 Å². The summed E-state index contributed by atoms with van der Waals surface area (Å²) < 4.78 is 5.19. The van der Waals surface area contributed by atoms with Crippen molar-refractivity contribution < 1.29 is 14.3 Å². The summed E-state index contributed by atoms with van der Waals surface area (Å²) in [7, 11) is 3.67. The number of rotatable bonds is 5. The molecule has 1 aromatic heterocycles. The van der Waals surface area contributed by atoms with Crippen molar-refractivity contribution in [3.05, 3.63) is 24.0 Å². The number of likely N-dealkylation sites (tertiary alicyclic amines) is 1. The second-order valence-electron chi connectivity index (χ2n) is 7.56. The standard InChI is InChI=1S/C20H30N4O3/c1-22-10-12-23(13-11-22)19(25)6-5-16-4-3-9-24(15-16)20(26)18-14-17(27-2)7-8-21-18/h7-8,14,16H,3-6,9-13,15H2,1-2H3/t16-/m1/s1. The van der Waals surface area contributed by atoms with E-state index in [0.29, 0.717) is 30.3 Å². The van der Waals surface area contributed by atoms with Crippen molar-refractivity contribution in [3.8, 4) is 5.75 Å². The molecule has 2 aliphatic heterocycles. The minimum atomic E-state index is -0.0519. The predicted molar refractivity (Wildman–Crippen MR) is 103 cm³/mol. The van der Waals surface area contributed by atoms with Crippen LogP contribution in [0.2, 0.25) is 0 Å². The molecule has 0 bridgehead atoms. The Kier molecular flexibility index (Phi) is 6.66. The third-order valence-corrected chi connectivity index (χ3v) is 5.61. The van der Waals surface area contributed by atoms with Crippen molar-refractivity contribution in [3.63, 3.8) is 0 Å². The number of carbonyl (C=O) groups is 2. The average Bonchev–Trinajstić information content (AvgIpc) is 2.72. The zero-order valence-corrected chi connectivity index (χ0v) is 16.4. The van der Waals surface area contributed by atoms with Crippen molar-refractivity contribution in [2.45, 2.75) is 25.7 Å². The molecule has 1 aromatic rings. The first-order valence-corrected chi connectivity index (χ1v) is 9.82. The molecule has 3 rings (SSSR count). The van der Waals surface area contributed by atoms with Crippen LogP contribution in [-0.2, 0) is 4.79 Å². The van der Waals surface area contributed by atoms with Crippen molar-refractivity contribution in [2.24, 2.45) is 5.92 Å². The molecule has 0 unspecified atom stereocenters. The monoisotopic (exact) mass is 374 g/mol. The summed E-state index contributed by atoms with van der Waals surface area (Å²) in [6.07, 6.45) is 5.07. The Labute approximate surface area is 161 Å². The van der Waals surface area contributed by atoms with Gasteiger partial charge in [0.25, 0.3) is 5.91 Å². The lowest BCUT2D eigenvalue weighted by Crippen LogP contribution is -2.47. The Morgan fingerprint density at radius 2 is 1.96 bits per heavy atom. The summed E-state index contributed by atoms with van der Waals surface area (Å²) in [5.41, 5.74) is 0.420. The van der Waals surface area contributed by atoms with E-state index in [1.807, 2.05) is 9.80 Å². The van der Waals surface area contributed by atoms with E-state index in [-0.39, 0.29) is 11.8 Å². The first-order chi connectivity index (χ1) is 13.1. The highest BCUT2D eigenvalue weighted by Crippen LogP contribution is 2.23. The molecule has 0 aliphatic carbocycles. The lowest BCUT2D eigenvalue weighted by atomic mass is 9.93. The Morgan fingerprint density at radius 3 is 2.70 bits per heavy atom. The van der Waals surface area contributed by atoms with E-state index < -0.39 is 0 Å². The van der Waals surface area contributed by atoms with E-state index in [1.165, 1.54) is 0 Å². The molecule has 1 atom stereocenters. The van der Waals surface area contributed by atoms with E-state index in [2.05, 4.69) is 16.9 Å². The SMILES string of the molecule is COc1ccnc(C(=O)N2CCC[C@H](CCC(=O)N3CCN(C)CC3)C2)c1. The topological polar surface area (TPSA) is 66.0 Å². The quantitative estimate of drug-likeness (QED) is 0.781. The van der Waals surface area contributed by atoms with Crippen LogP contribution < -0.4 is 4.74 Å². The highest BCUT2D eigenvalue weighted by Gasteiger charge is 2.27. The van der Waals surface area contributed by atoms with Crippen LogP contribution in [0.4, 0.5) is 0 Å². The highest BCUT2D eigenvalue weighted by atomic mass is 16.5. The van der Waals surface area contributed by atoms with Crippen LogP contribution in [-0.4, -0.2) is 84.9 Å². The van der Waals surface area contributed by atoms with Gasteiger partial charge in [0.05, 0.1) is 7.11 Å². The van der Waals surface area contributed by atoms with E-state index in [0.717, 1.165) is 52.0 Å². The van der Waals surface area contributed by atoms with Crippen molar-refractivity contribution in [1.29, 1.82) is 0 Å². The van der Waals surface area contributed by atoms with Gasteiger partial charge in [0.15, 0.2) is 0 Å². The number of hydrogen-bond acceptors (Lipinski definition) is 5. The number of likely N-dealkylation sites (N-methyl/N-ethyl adjacent to an activating group) is 1. The van der Waals surface area contributed by atoms with Crippen LogP contribution >= 0.6 is 0 Å². The zero-order valence-electron chi connectivity index (χ0n) is 16.4. The molecule has 7 heteroatoms. The fourth-order valence-corrected chi connectivity index (χ4v) is 3.84. The van der Waals surface area contributed by atoms with Crippen LogP contribution in [0.1, 0.15) is 36.2 Å². The molecule has 2 fully saturated rings. The second-order valence-corrected chi connectivity index (χ2v) is 7.56. The number of methoxy groups -OCH3 is 1. The Balaban J connectivity index is 1.50. The van der Waals surface area contributed by atoms with Gasteiger partial charge in [-0.1, -0.05) is 0 Å². The highest BCUT2D eigenvalue weighted by molar-refractivity contribution is 5.92. The molecule has 2 amide bonds. The lowest BCUT2D eigenvalue weighted by Gasteiger charge is -2.34. The maximum atomic E-state index is 12.8. The van der Waals surface area contributed by atoms with E-state index in [4.69, 9.17) is 4.74 Å². The van der Waals surface area contributed by atoms with Gasteiger partial charge in [-0.25, -0.2) is 0 Å². The largest absolute Gasteiger partial charge is 0.497 e. The molecule has 7 nitrogen and oxygen atoms in total. The first-order valence-electron chi connectivity index (χ1n) is 9.82. The number of nitrogens with zero attached hydrogens (tertiary/aromatic N) is 4. The van der Waals surface area contributed by atoms with E-state index >= 15 is 0 Å². The normalized spacial score (nSPS) is 21.2. The summed E-state index contributed by atoms with van der Waals surface area (Å²) in [5.74, 6) is 1.22. The Hall–Kier alpha value is -2.15. The third kappa shape index (κ3) is 5.19. The summed E-state index contributed by atoms with van der Waals surface area (Å²) in [6, 6.07) is 3.42. The fourth-order valence-electron chi connectivity index (χ4n) is 3.84. The van der Waals surface area contributed by atoms with Gasteiger partial charge in [-0.05, 0) is 38.3 Å². The molecule has 0 aromatic carbocycles. The molecule has 3 heterocycles. The van der Waals surface area contributed by atoms with Crippen molar-refractivity contribution >= 4 is 11.8 Å². The molecule has 0 saturated carbocycles. The van der Waals surface area contributed by atoms with Crippen LogP contribution in [0.3, 0.4) is 0 Å². The molecule has 2 aliphatic rings. The molecule has 0 N–H and O–H groups in total. The number of hydrogen-bond donors (Lipinski definition) is 0. The lowest BCUT2D eigenvalue weighted by molar-refractivity contribution is -0.133. The van der Waals surface area contributed by atoms with Gasteiger partial charge in [-0.3, -0.25) is 14.6 Å². The summed E-state index contributed by atoms with van der Waals surface area (Å²) >= 11 is 0. The van der Waals surface area contributed by atoms with Gasteiger partial charge in [-0.15, -0.1) is 0 Å². The van der Waals surface area contributed by atoms with Gasteiger partial charge >= 0.3 is 0 Å². The van der Waals surface area contributed by atoms with E-state index in [1.54, 1.807) is 25.4 Å². The number of carbonyl (C=O) groups excluding carboxylic acids is 2. The summed E-state index contributed by atoms with van der Waals surface area (Å²) in [6.45, 7) is 5.00. The first kappa shape index (κ1) is 19.6. The van der Waals surface area contributed by atoms with Gasteiger partial charge in [0, 0.05) is 58.0 Å². The van der Waals surface area contributed by atoms with Crippen molar-refractivity contribution in [2.75, 3.05) is 53.4 Å². The summed E-state index contributed by atoms with van der Waals surface area (Å²) in [5, 5.41) is 0. The second kappa shape index (κ2) is 9.17. The fraction of sp³-hybridized carbons (Fsp3) is 0.650. The smallest absolute Gasteiger partial charge is 0.272 e. The predicted octanol–water partition coefficient (Wildman–Crippen LogP) is 1.50. The zero-order chi connectivity index (χ0) is 19.2. The number of amides is 2. The molecular formula is C20H30N4O3. The van der Waals surface area contributed by atoms with Crippen LogP contribution in [0.15, 0.2) is 18.3 Å². The Bertz CT molecular complexity index is 658. The third-order valence-electron chi connectivity index (χ3n) is 5.61. The average molecular weight is 374 g/mol. The van der Waals surface area contributed by atoms with Gasteiger partial charge in [0.2, 0.25) is 5.91 Å². The number of ether oxygens (including phenoxy) is 1. The molecule has 0 spiro atoms. The van der Waals surface area contributed by atoms with E-state index in [9.17, 15) is 9.59 Å². The number of piperazine rings is 1. The summed E-state index contributed by atoms with van der Waals surface area (Å²) in [4.78, 5) is 35.5. The Morgan fingerprint density at radius 1 is 1.19 bits per heavy atom. The van der Waals surface area contributed by atoms with Gasteiger partial charge in [0.1, 0.15) is 11.4 Å². The minimum absolute atomic E-state index is 0.0519. The maximum absolute atomic E-state index is 12.8. The number of aromatic nitrogens is 1. The number of pyridine rings is 1. The van der Waals surface area contributed by atoms with Crippen LogP contribution in [0, 0.1) is 5.92 Å². The molecule has 2 saturated heterocycles. The van der Waals surface area contributed by atoms with Crippen LogP contribution in [0.25, 0.3) is 0 Å². The molecule has 0 radical (unpaired) electrons. The molecule has 148 valence electrons. The minimum Gasteiger partial charge on any atom is -0.497 e. The molecular weight excluding hydrogens is 344 g/mol. The molecule has 27 heavy (non-hydrogen) atoms. The van der Waals surface area contributed by atoms with Gasteiger partial charge in [-0.2, -0.15) is 0 Å². The number of piperidine rings is 1. The maximum Gasteiger partial charge on any atom is 0.272 e. The van der Waals surface area contributed by atoms with Crippen molar-refractivity contribution in [1.82, 2.24) is 19.7 Å². The van der Waals surface area contributed by atoms with Gasteiger partial charge < -0.3 is 19.4 Å².